The van der Waals surface area contributed by atoms with E-state index in [1.54, 1.807) is 6.20 Å². The molecule has 0 aliphatic carbocycles. The van der Waals surface area contributed by atoms with Crippen molar-refractivity contribution < 1.29 is 9.90 Å². The molecule has 0 bridgehead atoms. The predicted molar refractivity (Wildman–Crippen MR) is 78.7 cm³/mol. The van der Waals surface area contributed by atoms with E-state index in [2.05, 4.69) is 22.5 Å². The molecule has 0 radical (unpaired) electrons. The lowest BCUT2D eigenvalue weighted by molar-refractivity contribution is 0.208. The Morgan fingerprint density at radius 3 is 2.84 bits per heavy atom. The molecule has 0 saturated carbocycles. The number of rotatable bonds is 7. The van der Waals surface area contributed by atoms with Crippen LogP contribution in [0.3, 0.4) is 0 Å². The molecule has 19 heavy (non-hydrogen) atoms. The van der Waals surface area contributed by atoms with Crippen molar-refractivity contribution in [2.45, 2.75) is 52.0 Å². The summed E-state index contributed by atoms with van der Waals surface area (Å²) in [5.41, 5.74) is -0.387. The molecule has 2 amide bonds. The highest BCUT2D eigenvalue weighted by Crippen LogP contribution is 2.20. The molecule has 0 spiro atoms. The number of amides is 2. The average Bonchev–Trinajstić information content (AvgIpc) is 2.77. The number of aliphatic hydroxyl groups is 1. The summed E-state index contributed by atoms with van der Waals surface area (Å²) in [6.07, 6.45) is 5.16. The van der Waals surface area contributed by atoms with Crippen molar-refractivity contribution in [2.24, 2.45) is 0 Å². The van der Waals surface area contributed by atoms with Gasteiger partial charge in [0.15, 0.2) is 5.13 Å². The molecule has 0 fully saturated rings. The topological polar surface area (TPSA) is 74.2 Å². The van der Waals surface area contributed by atoms with Crippen molar-refractivity contribution in [3.63, 3.8) is 0 Å². The van der Waals surface area contributed by atoms with Gasteiger partial charge in [-0.15, -0.1) is 11.3 Å². The predicted octanol–water partition coefficient (Wildman–Crippen LogP) is 2.77. The molecule has 1 rings (SSSR count). The van der Waals surface area contributed by atoms with Gasteiger partial charge in [0.1, 0.15) is 0 Å². The van der Waals surface area contributed by atoms with Crippen LogP contribution in [0.15, 0.2) is 6.20 Å². The van der Waals surface area contributed by atoms with Crippen molar-refractivity contribution in [3.8, 4) is 0 Å². The van der Waals surface area contributed by atoms with Crippen LogP contribution in [0.4, 0.5) is 9.93 Å². The summed E-state index contributed by atoms with van der Waals surface area (Å²) < 4.78 is 0. The molecule has 1 aromatic rings. The van der Waals surface area contributed by atoms with Crippen molar-refractivity contribution in [1.29, 1.82) is 0 Å². The molecule has 6 heteroatoms. The van der Waals surface area contributed by atoms with Gasteiger partial charge in [-0.05, 0) is 26.2 Å². The van der Waals surface area contributed by atoms with Crippen LogP contribution in [0.1, 0.15) is 44.9 Å². The molecule has 108 valence electrons. The monoisotopic (exact) mass is 285 g/mol. The fourth-order valence-electron chi connectivity index (χ4n) is 1.70. The molecule has 0 aliphatic rings. The van der Waals surface area contributed by atoms with Crippen LogP contribution in [0.25, 0.3) is 0 Å². The zero-order chi connectivity index (χ0) is 14.3. The van der Waals surface area contributed by atoms with Gasteiger partial charge in [-0.1, -0.05) is 20.3 Å². The van der Waals surface area contributed by atoms with Gasteiger partial charge in [-0.3, -0.25) is 5.32 Å². The van der Waals surface area contributed by atoms with Gasteiger partial charge in [-0.2, -0.15) is 0 Å². The number of urea groups is 1. The number of aliphatic hydroxyl groups excluding tert-OH is 1. The first-order valence-corrected chi connectivity index (χ1v) is 7.49. The number of nitrogens with zero attached hydrogens (tertiary/aromatic N) is 1. The van der Waals surface area contributed by atoms with Crippen LogP contribution >= 0.6 is 11.3 Å². The molecule has 3 N–H and O–H groups in total. The van der Waals surface area contributed by atoms with E-state index in [0.717, 1.165) is 19.3 Å². The fraction of sp³-hybridized carbons (Fsp3) is 0.692. The number of thiazole rings is 1. The number of aromatic nitrogens is 1. The van der Waals surface area contributed by atoms with E-state index in [0.29, 0.717) is 11.6 Å². The maximum atomic E-state index is 11.9. The first-order valence-electron chi connectivity index (χ1n) is 6.67. The van der Waals surface area contributed by atoms with Crippen molar-refractivity contribution in [2.75, 3.05) is 11.9 Å². The molecule has 0 aliphatic heterocycles. The molecular formula is C13H23N3O2S. The first kappa shape index (κ1) is 15.9. The summed E-state index contributed by atoms with van der Waals surface area (Å²) >= 11 is 1.50. The van der Waals surface area contributed by atoms with Crippen molar-refractivity contribution in [1.82, 2.24) is 10.3 Å². The Balaban J connectivity index is 2.53. The Labute approximate surface area is 118 Å². The van der Waals surface area contributed by atoms with E-state index in [1.807, 2.05) is 13.8 Å². The minimum absolute atomic E-state index is 0.0581. The van der Waals surface area contributed by atoms with Crippen LogP contribution in [0, 0.1) is 0 Å². The van der Waals surface area contributed by atoms with E-state index in [1.165, 1.54) is 16.2 Å². The summed E-state index contributed by atoms with van der Waals surface area (Å²) in [6, 6.07) is -0.268. The largest absolute Gasteiger partial charge is 0.396 e. The third-order valence-corrected chi connectivity index (χ3v) is 4.10. The SMILES string of the molecule is CCCc1cnc(NC(=O)NC(C)(CC)CCO)s1. The highest BCUT2D eigenvalue weighted by Gasteiger charge is 2.23. The molecule has 1 heterocycles. The summed E-state index contributed by atoms with van der Waals surface area (Å²) in [5, 5.41) is 15.3. The second-order valence-corrected chi connectivity index (χ2v) is 5.96. The number of hydrogen-bond acceptors (Lipinski definition) is 4. The molecule has 1 unspecified atom stereocenters. The lowest BCUT2D eigenvalue weighted by Gasteiger charge is -2.28. The Morgan fingerprint density at radius 1 is 1.53 bits per heavy atom. The smallest absolute Gasteiger partial charge is 0.321 e. The lowest BCUT2D eigenvalue weighted by Crippen LogP contribution is -2.48. The quantitative estimate of drug-likeness (QED) is 0.721. The van der Waals surface area contributed by atoms with Gasteiger partial charge >= 0.3 is 6.03 Å². The maximum Gasteiger partial charge on any atom is 0.321 e. The summed E-state index contributed by atoms with van der Waals surface area (Å²) in [5.74, 6) is 0. The average molecular weight is 285 g/mol. The minimum Gasteiger partial charge on any atom is -0.396 e. The van der Waals surface area contributed by atoms with Gasteiger partial charge in [0.05, 0.1) is 0 Å². The standard InChI is InChI=1S/C13H23N3O2S/c1-4-6-10-9-14-12(19-10)15-11(18)16-13(3,5-2)7-8-17/h9,17H,4-8H2,1-3H3,(H2,14,15,16,18). The molecule has 1 aromatic heterocycles. The number of nitrogens with one attached hydrogen (secondary N) is 2. The van der Waals surface area contributed by atoms with Crippen LogP contribution in [0.5, 0.6) is 0 Å². The minimum atomic E-state index is -0.387. The number of carbonyl (C=O) groups is 1. The molecule has 5 nitrogen and oxygen atoms in total. The Morgan fingerprint density at radius 2 is 2.26 bits per heavy atom. The lowest BCUT2D eigenvalue weighted by atomic mass is 9.95. The van der Waals surface area contributed by atoms with Gasteiger partial charge in [-0.25, -0.2) is 9.78 Å². The van der Waals surface area contributed by atoms with Gasteiger partial charge < -0.3 is 10.4 Å². The van der Waals surface area contributed by atoms with Crippen molar-refractivity contribution >= 4 is 22.5 Å². The van der Waals surface area contributed by atoms with E-state index < -0.39 is 0 Å². The number of carbonyl (C=O) groups excluding carboxylic acids is 1. The second-order valence-electron chi connectivity index (χ2n) is 4.85. The first-order chi connectivity index (χ1) is 9.03. The maximum absolute atomic E-state index is 11.9. The molecule has 0 aromatic carbocycles. The van der Waals surface area contributed by atoms with E-state index in [9.17, 15) is 4.79 Å². The highest BCUT2D eigenvalue weighted by molar-refractivity contribution is 7.15. The molecule has 0 saturated heterocycles. The Hall–Kier alpha value is -1.14. The van der Waals surface area contributed by atoms with Crippen LogP contribution in [0.2, 0.25) is 0 Å². The van der Waals surface area contributed by atoms with E-state index >= 15 is 0 Å². The Kier molecular flexibility index (Phi) is 6.24. The highest BCUT2D eigenvalue weighted by atomic mass is 32.1. The van der Waals surface area contributed by atoms with E-state index in [4.69, 9.17) is 5.11 Å². The summed E-state index contributed by atoms with van der Waals surface area (Å²) in [6.45, 7) is 6.08. The van der Waals surface area contributed by atoms with Gasteiger partial charge in [0, 0.05) is 23.2 Å². The van der Waals surface area contributed by atoms with Gasteiger partial charge in [0.25, 0.3) is 0 Å². The second kappa shape index (κ2) is 7.45. The van der Waals surface area contributed by atoms with Crippen LogP contribution in [-0.4, -0.2) is 28.3 Å². The van der Waals surface area contributed by atoms with Gasteiger partial charge in [0.2, 0.25) is 0 Å². The van der Waals surface area contributed by atoms with Crippen LogP contribution in [-0.2, 0) is 6.42 Å². The number of anilines is 1. The zero-order valence-corrected chi connectivity index (χ0v) is 12.6. The Bertz CT molecular complexity index is 408. The number of hydrogen-bond donors (Lipinski definition) is 3. The van der Waals surface area contributed by atoms with E-state index in [-0.39, 0.29) is 18.2 Å². The fourth-order valence-corrected chi connectivity index (χ4v) is 2.61. The van der Waals surface area contributed by atoms with Crippen LogP contribution < -0.4 is 10.6 Å². The molecular weight excluding hydrogens is 262 g/mol. The summed E-state index contributed by atoms with van der Waals surface area (Å²) in [7, 11) is 0. The van der Waals surface area contributed by atoms with Crippen molar-refractivity contribution in [3.05, 3.63) is 11.1 Å². The third-order valence-electron chi connectivity index (χ3n) is 3.13. The number of aryl methyl sites for hydroxylation is 1. The third kappa shape index (κ3) is 5.16. The zero-order valence-electron chi connectivity index (χ0n) is 11.8. The summed E-state index contributed by atoms with van der Waals surface area (Å²) in [4.78, 5) is 17.2. The normalized spacial score (nSPS) is 13.9. The molecule has 1 atom stereocenters.